The topological polar surface area (TPSA) is 61.4 Å². The van der Waals surface area contributed by atoms with Crippen molar-refractivity contribution in [3.8, 4) is 0 Å². The zero-order valence-corrected chi connectivity index (χ0v) is 16.9. The van der Waals surface area contributed by atoms with Gasteiger partial charge in [0.1, 0.15) is 5.82 Å². The van der Waals surface area contributed by atoms with Crippen LogP contribution >= 0.6 is 11.6 Å². The van der Waals surface area contributed by atoms with Gasteiger partial charge >= 0.3 is 0 Å². The Kier molecular flexibility index (Phi) is 7.61. The number of benzene rings is 2. The van der Waals surface area contributed by atoms with Crippen LogP contribution in [0.25, 0.3) is 0 Å². The summed E-state index contributed by atoms with van der Waals surface area (Å²) in [7, 11) is 0. The van der Waals surface area contributed by atoms with Crippen molar-refractivity contribution < 1.29 is 14.0 Å². The van der Waals surface area contributed by atoms with Gasteiger partial charge in [0.15, 0.2) is 0 Å². The average molecular weight is 418 g/mol. The van der Waals surface area contributed by atoms with Gasteiger partial charge in [-0.2, -0.15) is 0 Å². The van der Waals surface area contributed by atoms with Gasteiger partial charge in [-0.3, -0.25) is 14.5 Å². The Morgan fingerprint density at radius 3 is 2.45 bits per heavy atom. The number of rotatable bonds is 8. The molecule has 2 amide bonds. The maximum Gasteiger partial charge on any atom is 0.251 e. The van der Waals surface area contributed by atoms with Crippen LogP contribution in [0.15, 0.2) is 48.5 Å². The first-order valence-electron chi connectivity index (χ1n) is 9.84. The SMILES string of the molecule is O=C(CCNC(=O)c1ccccc1)NCC(c1c(F)cccc1Cl)N1CCCC1. The van der Waals surface area contributed by atoms with Gasteiger partial charge in [0.05, 0.1) is 6.04 Å². The van der Waals surface area contributed by atoms with E-state index >= 15 is 0 Å². The molecular weight excluding hydrogens is 393 g/mol. The molecule has 1 fully saturated rings. The van der Waals surface area contributed by atoms with E-state index in [-0.39, 0.29) is 43.2 Å². The number of nitrogens with one attached hydrogen (secondary N) is 2. The fourth-order valence-electron chi connectivity index (χ4n) is 3.58. The molecule has 1 heterocycles. The first-order chi connectivity index (χ1) is 14.1. The molecule has 0 radical (unpaired) electrons. The molecule has 0 aromatic heterocycles. The third kappa shape index (κ3) is 5.78. The Bertz CT molecular complexity index is 821. The summed E-state index contributed by atoms with van der Waals surface area (Å²) in [6.07, 6.45) is 2.24. The smallest absolute Gasteiger partial charge is 0.251 e. The maximum atomic E-state index is 14.5. The Hall–Kier alpha value is -2.44. The number of halogens is 2. The molecule has 2 aromatic carbocycles. The Labute approximate surface area is 175 Å². The summed E-state index contributed by atoms with van der Waals surface area (Å²) >= 11 is 6.27. The van der Waals surface area contributed by atoms with E-state index < -0.39 is 0 Å². The third-order valence-corrected chi connectivity index (χ3v) is 5.41. The van der Waals surface area contributed by atoms with E-state index in [9.17, 15) is 14.0 Å². The molecule has 0 saturated carbocycles. The monoisotopic (exact) mass is 417 g/mol. The van der Waals surface area contributed by atoms with E-state index in [2.05, 4.69) is 15.5 Å². The molecule has 1 aliphatic rings. The molecule has 3 rings (SSSR count). The van der Waals surface area contributed by atoms with Crippen LogP contribution in [0.5, 0.6) is 0 Å². The van der Waals surface area contributed by atoms with Crippen molar-refractivity contribution in [3.05, 3.63) is 70.5 Å². The van der Waals surface area contributed by atoms with Gasteiger partial charge in [-0.25, -0.2) is 4.39 Å². The van der Waals surface area contributed by atoms with Crippen molar-refractivity contribution in [1.82, 2.24) is 15.5 Å². The molecule has 0 aliphatic carbocycles. The summed E-state index contributed by atoms with van der Waals surface area (Å²) in [5.41, 5.74) is 0.977. The molecule has 7 heteroatoms. The summed E-state index contributed by atoms with van der Waals surface area (Å²) in [6.45, 7) is 2.19. The standard InChI is InChI=1S/C22H25ClFN3O2/c23-17-9-6-10-18(24)21(17)19(27-13-4-5-14-27)15-26-20(28)11-12-25-22(29)16-7-2-1-3-8-16/h1-3,6-10,19H,4-5,11-15H2,(H,25,29)(H,26,28). The van der Waals surface area contributed by atoms with Gasteiger partial charge in [-0.1, -0.05) is 35.9 Å². The zero-order chi connectivity index (χ0) is 20.6. The van der Waals surface area contributed by atoms with E-state index in [4.69, 9.17) is 11.6 Å². The molecule has 1 unspecified atom stereocenters. The second kappa shape index (κ2) is 10.4. The zero-order valence-electron chi connectivity index (χ0n) is 16.2. The second-order valence-electron chi connectivity index (χ2n) is 7.07. The van der Waals surface area contributed by atoms with E-state index in [1.54, 1.807) is 36.4 Å². The number of hydrogen-bond acceptors (Lipinski definition) is 3. The molecule has 29 heavy (non-hydrogen) atoms. The van der Waals surface area contributed by atoms with Crippen LogP contribution in [-0.2, 0) is 4.79 Å². The molecule has 2 aromatic rings. The lowest BCUT2D eigenvalue weighted by Crippen LogP contribution is -2.38. The lowest BCUT2D eigenvalue weighted by molar-refractivity contribution is -0.121. The van der Waals surface area contributed by atoms with Crippen molar-refractivity contribution in [2.24, 2.45) is 0 Å². The Morgan fingerprint density at radius 2 is 1.76 bits per heavy atom. The fraction of sp³-hybridized carbons (Fsp3) is 0.364. The maximum absolute atomic E-state index is 14.5. The molecule has 154 valence electrons. The predicted molar refractivity (Wildman–Crippen MR) is 111 cm³/mol. The molecule has 5 nitrogen and oxygen atoms in total. The Morgan fingerprint density at radius 1 is 1.03 bits per heavy atom. The summed E-state index contributed by atoms with van der Waals surface area (Å²) in [5, 5.41) is 5.97. The summed E-state index contributed by atoms with van der Waals surface area (Å²) in [5.74, 6) is -0.778. The minimum Gasteiger partial charge on any atom is -0.354 e. The van der Waals surface area contributed by atoms with Crippen molar-refractivity contribution >= 4 is 23.4 Å². The number of amides is 2. The highest BCUT2D eigenvalue weighted by molar-refractivity contribution is 6.31. The van der Waals surface area contributed by atoms with E-state index in [1.807, 2.05) is 6.07 Å². The molecule has 0 spiro atoms. The molecule has 2 N–H and O–H groups in total. The highest BCUT2D eigenvalue weighted by atomic mass is 35.5. The van der Waals surface area contributed by atoms with Crippen LogP contribution < -0.4 is 10.6 Å². The highest BCUT2D eigenvalue weighted by Crippen LogP contribution is 2.31. The summed E-state index contributed by atoms with van der Waals surface area (Å²) < 4.78 is 14.5. The predicted octanol–water partition coefficient (Wildman–Crippen LogP) is 3.55. The number of carbonyl (C=O) groups excluding carboxylic acids is 2. The van der Waals surface area contributed by atoms with E-state index in [0.717, 1.165) is 25.9 Å². The second-order valence-corrected chi connectivity index (χ2v) is 7.48. The lowest BCUT2D eigenvalue weighted by Gasteiger charge is -2.29. The first-order valence-corrected chi connectivity index (χ1v) is 10.2. The van der Waals surface area contributed by atoms with Gasteiger partial charge in [0, 0.05) is 35.7 Å². The van der Waals surface area contributed by atoms with Crippen molar-refractivity contribution in [2.75, 3.05) is 26.2 Å². The van der Waals surface area contributed by atoms with Crippen molar-refractivity contribution in [3.63, 3.8) is 0 Å². The minimum absolute atomic E-state index is 0.149. The highest BCUT2D eigenvalue weighted by Gasteiger charge is 2.28. The van der Waals surface area contributed by atoms with Gasteiger partial charge in [-0.05, 0) is 50.2 Å². The molecule has 1 atom stereocenters. The molecule has 0 bridgehead atoms. The van der Waals surface area contributed by atoms with Crippen LogP contribution in [0.2, 0.25) is 5.02 Å². The average Bonchev–Trinajstić information content (AvgIpc) is 3.25. The quantitative estimate of drug-likeness (QED) is 0.690. The van der Waals surface area contributed by atoms with E-state index in [0.29, 0.717) is 16.1 Å². The van der Waals surface area contributed by atoms with Crippen LogP contribution in [-0.4, -0.2) is 42.9 Å². The van der Waals surface area contributed by atoms with Gasteiger partial charge < -0.3 is 10.6 Å². The molecule has 1 saturated heterocycles. The third-order valence-electron chi connectivity index (χ3n) is 5.08. The van der Waals surface area contributed by atoms with E-state index in [1.165, 1.54) is 6.07 Å². The van der Waals surface area contributed by atoms with Crippen LogP contribution in [0.4, 0.5) is 4.39 Å². The first kappa shape index (κ1) is 21.3. The largest absolute Gasteiger partial charge is 0.354 e. The van der Waals surface area contributed by atoms with Crippen molar-refractivity contribution in [1.29, 1.82) is 0 Å². The van der Waals surface area contributed by atoms with Crippen LogP contribution in [0.3, 0.4) is 0 Å². The van der Waals surface area contributed by atoms with Crippen LogP contribution in [0, 0.1) is 5.82 Å². The van der Waals surface area contributed by atoms with Gasteiger partial charge in [0.25, 0.3) is 5.91 Å². The minimum atomic E-state index is -0.362. The van der Waals surface area contributed by atoms with Gasteiger partial charge in [0.2, 0.25) is 5.91 Å². The number of hydrogen-bond donors (Lipinski definition) is 2. The normalized spacial score (nSPS) is 15.1. The molecular formula is C22H25ClFN3O2. The van der Waals surface area contributed by atoms with Crippen molar-refractivity contribution in [2.45, 2.75) is 25.3 Å². The lowest BCUT2D eigenvalue weighted by atomic mass is 10.0. The molecule has 1 aliphatic heterocycles. The van der Waals surface area contributed by atoms with Gasteiger partial charge in [-0.15, -0.1) is 0 Å². The van der Waals surface area contributed by atoms with Crippen LogP contribution in [0.1, 0.15) is 41.2 Å². The summed E-state index contributed by atoms with van der Waals surface area (Å²) in [4.78, 5) is 26.4. The summed E-state index contributed by atoms with van der Waals surface area (Å²) in [6, 6.07) is 13.2. The number of carbonyl (C=O) groups is 2. The Balaban J connectivity index is 1.54. The fourth-order valence-corrected chi connectivity index (χ4v) is 3.87. The number of likely N-dealkylation sites (tertiary alicyclic amines) is 1. The number of nitrogens with zero attached hydrogens (tertiary/aromatic N) is 1.